The lowest BCUT2D eigenvalue weighted by molar-refractivity contribution is 0.0569. The second kappa shape index (κ2) is 5.69. The van der Waals surface area contributed by atoms with Crippen molar-refractivity contribution < 1.29 is 10.2 Å². The minimum atomic E-state index is -0.606. The molecule has 0 bridgehead atoms. The molecule has 0 saturated carbocycles. The highest BCUT2D eigenvalue weighted by Crippen LogP contribution is 2.11. The van der Waals surface area contributed by atoms with Gasteiger partial charge in [-0.25, -0.2) is 0 Å². The van der Waals surface area contributed by atoms with Crippen LogP contribution in [0.15, 0.2) is 36.4 Å². The Bertz CT molecular complexity index is 304. The van der Waals surface area contributed by atoms with E-state index in [9.17, 15) is 10.2 Å². The molecule has 0 fully saturated rings. The maximum absolute atomic E-state index is 9.70. The van der Waals surface area contributed by atoms with Gasteiger partial charge in [0.1, 0.15) is 0 Å². The number of aliphatic hydroxyl groups is 2. The van der Waals surface area contributed by atoms with E-state index in [2.05, 4.69) is 0 Å². The van der Waals surface area contributed by atoms with E-state index in [0.29, 0.717) is 0 Å². The van der Waals surface area contributed by atoms with E-state index >= 15 is 0 Å². The van der Waals surface area contributed by atoms with Crippen LogP contribution in [-0.2, 0) is 0 Å². The Morgan fingerprint density at radius 2 is 1.67 bits per heavy atom. The Morgan fingerprint density at radius 1 is 1.07 bits per heavy atom. The van der Waals surface area contributed by atoms with Crippen molar-refractivity contribution in [1.29, 1.82) is 0 Å². The summed E-state index contributed by atoms with van der Waals surface area (Å²) in [7, 11) is 0. The van der Waals surface area contributed by atoms with E-state index in [1.54, 1.807) is 13.0 Å². The smallest absolute Gasteiger partial charge is 0.0774 e. The van der Waals surface area contributed by atoms with Crippen LogP contribution in [0.1, 0.15) is 19.4 Å². The average Bonchev–Trinajstić information content (AvgIpc) is 2.26. The maximum Gasteiger partial charge on any atom is 0.0774 e. The molecule has 2 heteroatoms. The monoisotopic (exact) mass is 206 g/mol. The summed E-state index contributed by atoms with van der Waals surface area (Å²) < 4.78 is 0. The standard InChI is InChI=1S/C13H18O2/c1-10(11(2)14)13(15)9-8-12-6-4-3-5-7-12/h3-11,13-15H,1-2H3/b9-8+/t10-,11+,13+/m1/s1. The third kappa shape index (κ3) is 3.86. The van der Waals surface area contributed by atoms with Crippen LogP contribution in [0.4, 0.5) is 0 Å². The molecule has 0 heterocycles. The van der Waals surface area contributed by atoms with E-state index in [1.165, 1.54) is 0 Å². The molecule has 0 aliphatic carbocycles. The van der Waals surface area contributed by atoms with E-state index in [-0.39, 0.29) is 5.92 Å². The van der Waals surface area contributed by atoms with Gasteiger partial charge < -0.3 is 10.2 Å². The van der Waals surface area contributed by atoms with Crippen LogP contribution in [0.25, 0.3) is 6.08 Å². The van der Waals surface area contributed by atoms with Gasteiger partial charge in [-0.3, -0.25) is 0 Å². The second-order valence-electron chi connectivity index (χ2n) is 3.86. The molecule has 0 aromatic heterocycles. The number of hydrogen-bond acceptors (Lipinski definition) is 2. The zero-order chi connectivity index (χ0) is 11.3. The summed E-state index contributed by atoms with van der Waals surface area (Å²) in [5, 5.41) is 19.0. The zero-order valence-corrected chi connectivity index (χ0v) is 9.17. The Labute approximate surface area is 90.9 Å². The highest BCUT2D eigenvalue weighted by atomic mass is 16.3. The lowest BCUT2D eigenvalue weighted by Crippen LogP contribution is -2.25. The fraction of sp³-hybridized carbons (Fsp3) is 0.385. The topological polar surface area (TPSA) is 40.5 Å². The molecule has 82 valence electrons. The molecular weight excluding hydrogens is 188 g/mol. The van der Waals surface area contributed by atoms with Gasteiger partial charge in [-0.05, 0) is 12.5 Å². The number of rotatable bonds is 4. The molecule has 0 radical (unpaired) electrons. The van der Waals surface area contributed by atoms with Crippen LogP contribution in [0, 0.1) is 5.92 Å². The van der Waals surface area contributed by atoms with E-state index in [1.807, 2.05) is 43.3 Å². The Morgan fingerprint density at radius 3 is 2.20 bits per heavy atom. The SMILES string of the molecule is C[C@H]([C@H](C)O)[C@@H](O)/C=C/c1ccccc1. The fourth-order valence-corrected chi connectivity index (χ4v) is 1.23. The molecule has 2 N–H and O–H groups in total. The van der Waals surface area contributed by atoms with Gasteiger partial charge in [0.2, 0.25) is 0 Å². The van der Waals surface area contributed by atoms with Gasteiger partial charge in [0.25, 0.3) is 0 Å². The molecule has 0 unspecified atom stereocenters. The molecule has 2 nitrogen and oxygen atoms in total. The molecule has 1 aromatic rings. The van der Waals surface area contributed by atoms with Crippen LogP contribution in [-0.4, -0.2) is 22.4 Å². The summed E-state index contributed by atoms with van der Waals surface area (Å²) in [5.41, 5.74) is 1.05. The van der Waals surface area contributed by atoms with Crippen molar-refractivity contribution in [2.24, 2.45) is 5.92 Å². The Kier molecular flexibility index (Phi) is 4.53. The van der Waals surface area contributed by atoms with Crippen LogP contribution in [0.3, 0.4) is 0 Å². The van der Waals surface area contributed by atoms with E-state index in [0.717, 1.165) is 5.56 Å². The van der Waals surface area contributed by atoms with Crippen molar-refractivity contribution in [1.82, 2.24) is 0 Å². The largest absolute Gasteiger partial charge is 0.393 e. The number of benzene rings is 1. The minimum Gasteiger partial charge on any atom is -0.393 e. The molecule has 1 rings (SSSR count). The molecule has 15 heavy (non-hydrogen) atoms. The van der Waals surface area contributed by atoms with E-state index in [4.69, 9.17) is 0 Å². The van der Waals surface area contributed by atoms with Crippen molar-refractivity contribution in [2.45, 2.75) is 26.1 Å². The van der Waals surface area contributed by atoms with Crippen molar-refractivity contribution in [3.8, 4) is 0 Å². The summed E-state index contributed by atoms with van der Waals surface area (Å²) >= 11 is 0. The zero-order valence-electron chi connectivity index (χ0n) is 9.17. The third-order valence-electron chi connectivity index (χ3n) is 2.59. The first-order valence-electron chi connectivity index (χ1n) is 5.20. The fourth-order valence-electron chi connectivity index (χ4n) is 1.23. The average molecular weight is 206 g/mol. The predicted molar refractivity (Wildman–Crippen MR) is 62.3 cm³/mol. The highest BCUT2D eigenvalue weighted by molar-refractivity contribution is 5.49. The third-order valence-corrected chi connectivity index (χ3v) is 2.59. The van der Waals surface area contributed by atoms with Crippen molar-refractivity contribution in [3.63, 3.8) is 0 Å². The van der Waals surface area contributed by atoms with Crippen LogP contribution in [0.5, 0.6) is 0 Å². The predicted octanol–water partition coefficient (Wildman–Crippen LogP) is 2.08. The van der Waals surface area contributed by atoms with Crippen LogP contribution < -0.4 is 0 Å². The Hall–Kier alpha value is -1.12. The van der Waals surface area contributed by atoms with Gasteiger partial charge in [0, 0.05) is 5.92 Å². The lowest BCUT2D eigenvalue weighted by atomic mass is 9.98. The minimum absolute atomic E-state index is 0.148. The summed E-state index contributed by atoms with van der Waals surface area (Å²) in [6.07, 6.45) is 2.47. The molecule has 0 aliphatic rings. The molecule has 1 aromatic carbocycles. The van der Waals surface area contributed by atoms with Gasteiger partial charge in [-0.15, -0.1) is 0 Å². The summed E-state index contributed by atoms with van der Waals surface area (Å²) in [6.45, 7) is 3.51. The van der Waals surface area contributed by atoms with Crippen molar-refractivity contribution in [2.75, 3.05) is 0 Å². The van der Waals surface area contributed by atoms with Gasteiger partial charge in [0.05, 0.1) is 12.2 Å². The molecule has 0 amide bonds. The van der Waals surface area contributed by atoms with Crippen LogP contribution in [0.2, 0.25) is 0 Å². The van der Waals surface area contributed by atoms with Gasteiger partial charge in [-0.1, -0.05) is 49.4 Å². The van der Waals surface area contributed by atoms with Crippen molar-refractivity contribution in [3.05, 3.63) is 42.0 Å². The summed E-state index contributed by atoms with van der Waals surface area (Å²) in [5.74, 6) is -0.148. The molecule has 3 atom stereocenters. The first-order valence-corrected chi connectivity index (χ1v) is 5.20. The quantitative estimate of drug-likeness (QED) is 0.791. The van der Waals surface area contributed by atoms with Crippen LogP contribution >= 0.6 is 0 Å². The van der Waals surface area contributed by atoms with Gasteiger partial charge in [-0.2, -0.15) is 0 Å². The Balaban J connectivity index is 2.58. The summed E-state index contributed by atoms with van der Waals surface area (Å²) in [6, 6.07) is 9.78. The molecule has 0 aliphatic heterocycles. The van der Waals surface area contributed by atoms with E-state index < -0.39 is 12.2 Å². The lowest BCUT2D eigenvalue weighted by Gasteiger charge is -2.18. The highest BCUT2D eigenvalue weighted by Gasteiger charge is 2.15. The summed E-state index contributed by atoms with van der Waals surface area (Å²) in [4.78, 5) is 0. The normalized spacial score (nSPS) is 17.6. The molecule has 0 spiro atoms. The number of hydrogen-bond donors (Lipinski definition) is 2. The van der Waals surface area contributed by atoms with Gasteiger partial charge >= 0.3 is 0 Å². The van der Waals surface area contributed by atoms with Gasteiger partial charge in [0.15, 0.2) is 0 Å². The molecule has 0 saturated heterocycles. The number of aliphatic hydroxyl groups excluding tert-OH is 2. The first kappa shape index (κ1) is 12.0. The second-order valence-corrected chi connectivity index (χ2v) is 3.86. The maximum atomic E-state index is 9.70. The molecular formula is C13H18O2. The van der Waals surface area contributed by atoms with Crippen molar-refractivity contribution >= 4 is 6.08 Å². The first-order chi connectivity index (χ1) is 7.11.